The van der Waals surface area contributed by atoms with Crippen LogP contribution in [0.2, 0.25) is 5.02 Å². The molecule has 0 aromatic heterocycles. The Morgan fingerprint density at radius 2 is 2.00 bits per heavy atom. The first kappa shape index (κ1) is 13.5. The van der Waals surface area contributed by atoms with Crippen LogP contribution in [0.5, 0.6) is 0 Å². The van der Waals surface area contributed by atoms with Gasteiger partial charge in [0.1, 0.15) is 0 Å². The monoisotopic (exact) mass is 240 g/mol. The quantitative estimate of drug-likeness (QED) is 0.823. The van der Waals surface area contributed by atoms with Gasteiger partial charge in [-0.25, -0.2) is 0 Å². The van der Waals surface area contributed by atoms with Crippen molar-refractivity contribution in [2.75, 3.05) is 27.2 Å². The van der Waals surface area contributed by atoms with Crippen LogP contribution in [0.1, 0.15) is 24.9 Å². The number of nitrogens with one attached hydrogen (secondary N) is 1. The average Bonchev–Trinajstić information content (AvgIpc) is 2.24. The molecule has 0 radical (unpaired) electrons. The van der Waals surface area contributed by atoms with Crippen molar-refractivity contribution >= 4 is 11.6 Å². The molecule has 0 amide bonds. The summed E-state index contributed by atoms with van der Waals surface area (Å²) in [6.45, 7) is 4.15. The van der Waals surface area contributed by atoms with Crippen LogP contribution in [0, 0.1) is 0 Å². The third-order valence-electron chi connectivity index (χ3n) is 2.47. The van der Waals surface area contributed by atoms with Gasteiger partial charge in [0.2, 0.25) is 0 Å². The highest BCUT2D eigenvalue weighted by molar-refractivity contribution is 6.31. The van der Waals surface area contributed by atoms with E-state index in [0.29, 0.717) is 6.04 Å². The van der Waals surface area contributed by atoms with Gasteiger partial charge in [-0.1, -0.05) is 36.7 Å². The van der Waals surface area contributed by atoms with Gasteiger partial charge in [0.25, 0.3) is 0 Å². The highest BCUT2D eigenvalue weighted by Crippen LogP contribution is 2.22. The van der Waals surface area contributed by atoms with Crippen LogP contribution in [0.25, 0.3) is 0 Å². The molecule has 2 nitrogen and oxygen atoms in total. The standard InChI is InChI=1S/C13H21ClN2/c1-4-9-15-13(10-16(2)3)11-7-5-6-8-12(11)14/h5-8,13,15H,4,9-10H2,1-3H3. The van der Waals surface area contributed by atoms with Gasteiger partial charge in [-0.2, -0.15) is 0 Å². The zero-order chi connectivity index (χ0) is 12.0. The summed E-state index contributed by atoms with van der Waals surface area (Å²) in [6.07, 6.45) is 1.13. The Kier molecular flexibility index (Phi) is 5.81. The first-order valence-electron chi connectivity index (χ1n) is 5.77. The molecule has 90 valence electrons. The number of likely N-dealkylation sites (N-methyl/N-ethyl adjacent to an activating group) is 1. The van der Waals surface area contributed by atoms with E-state index >= 15 is 0 Å². The molecule has 0 saturated heterocycles. The zero-order valence-electron chi connectivity index (χ0n) is 10.3. The highest BCUT2D eigenvalue weighted by atomic mass is 35.5. The molecule has 0 aliphatic heterocycles. The topological polar surface area (TPSA) is 15.3 Å². The predicted molar refractivity (Wildman–Crippen MR) is 71.0 cm³/mol. The maximum absolute atomic E-state index is 6.22. The van der Waals surface area contributed by atoms with Gasteiger partial charge in [0.05, 0.1) is 0 Å². The molecule has 0 spiro atoms. The molecule has 0 fully saturated rings. The highest BCUT2D eigenvalue weighted by Gasteiger charge is 2.14. The lowest BCUT2D eigenvalue weighted by Gasteiger charge is -2.23. The smallest absolute Gasteiger partial charge is 0.0463 e. The van der Waals surface area contributed by atoms with E-state index in [1.54, 1.807) is 0 Å². The van der Waals surface area contributed by atoms with Crippen molar-refractivity contribution in [2.45, 2.75) is 19.4 Å². The summed E-state index contributed by atoms with van der Waals surface area (Å²) in [6, 6.07) is 8.37. The number of nitrogens with zero attached hydrogens (tertiary/aromatic N) is 1. The Bertz CT molecular complexity index is 313. The van der Waals surface area contributed by atoms with Crippen molar-refractivity contribution in [3.8, 4) is 0 Å². The van der Waals surface area contributed by atoms with Crippen LogP contribution < -0.4 is 5.32 Å². The maximum Gasteiger partial charge on any atom is 0.0463 e. The summed E-state index contributed by atoms with van der Waals surface area (Å²) >= 11 is 6.22. The SMILES string of the molecule is CCCNC(CN(C)C)c1ccccc1Cl. The van der Waals surface area contributed by atoms with E-state index < -0.39 is 0 Å². The van der Waals surface area contributed by atoms with E-state index in [9.17, 15) is 0 Å². The van der Waals surface area contributed by atoms with E-state index in [1.165, 1.54) is 5.56 Å². The fourth-order valence-electron chi connectivity index (χ4n) is 1.71. The van der Waals surface area contributed by atoms with Gasteiger partial charge in [0.15, 0.2) is 0 Å². The summed E-state index contributed by atoms with van der Waals surface area (Å²) in [5, 5.41) is 4.38. The molecule has 0 heterocycles. The summed E-state index contributed by atoms with van der Waals surface area (Å²) in [4.78, 5) is 2.18. The normalized spacial score (nSPS) is 13.1. The minimum atomic E-state index is 0.309. The van der Waals surface area contributed by atoms with Gasteiger partial charge in [0, 0.05) is 17.6 Å². The number of halogens is 1. The van der Waals surface area contributed by atoms with Crippen molar-refractivity contribution in [3.05, 3.63) is 34.9 Å². The van der Waals surface area contributed by atoms with E-state index in [1.807, 2.05) is 18.2 Å². The minimum absolute atomic E-state index is 0.309. The molecular weight excluding hydrogens is 220 g/mol. The van der Waals surface area contributed by atoms with E-state index in [0.717, 1.165) is 24.5 Å². The van der Waals surface area contributed by atoms with Crippen LogP contribution in [-0.2, 0) is 0 Å². The number of hydrogen-bond donors (Lipinski definition) is 1. The molecule has 1 N–H and O–H groups in total. The summed E-state index contributed by atoms with van der Waals surface area (Å²) in [7, 11) is 4.16. The molecule has 0 saturated carbocycles. The number of benzene rings is 1. The summed E-state index contributed by atoms with van der Waals surface area (Å²) in [5.41, 5.74) is 1.19. The summed E-state index contributed by atoms with van der Waals surface area (Å²) < 4.78 is 0. The first-order chi connectivity index (χ1) is 7.65. The van der Waals surface area contributed by atoms with Gasteiger partial charge < -0.3 is 10.2 Å². The number of hydrogen-bond acceptors (Lipinski definition) is 2. The lowest BCUT2D eigenvalue weighted by atomic mass is 10.1. The van der Waals surface area contributed by atoms with Crippen LogP contribution in [0.3, 0.4) is 0 Å². The molecule has 1 atom stereocenters. The fraction of sp³-hybridized carbons (Fsp3) is 0.538. The second-order valence-electron chi connectivity index (χ2n) is 4.29. The molecule has 1 aromatic rings. The lowest BCUT2D eigenvalue weighted by molar-refractivity contribution is 0.342. The molecule has 0 aliphatic rings. The van der Waals surface area contributed by atoms with Crippen molar-refractivity contribution < 1.29 is 0 Å². The van der Waals surface area contributed by atoms with Crippen molar-refractivity contribution in [3.63, 3.8) is 0 Å². The third kappa shape index (κ3) is 4.12. The molecule has 3 heteroatoms. The number of rotatable bonds is 6. The largest absolute Gasteiger partial charge is 0.309 e. The first-order valence-corrected chi connectivity index (χ1v) is 6.15. The van der Waals surface area contributed by atoms with Crippen molar-refractivity contribution in [2.24, 2.45) is 0 Å². The minimum Gasteiger partial charge on any atom is -0.309 e. The van der Waals surface area contributed by atoms with Gasteiger partial charge in [-0.15, -0.1) is 0 Å². The Morgan fingerprint density at radius 3 is 2.56 bits per heavy atom. The van der Waals surface area contributed by atoms with Crippen molar-refractivity contribution in [1.29, 1.82) is 0 Å². The summed E-state index contributed by atoms with van der Waals surface area (Å²) in [5.74, 6) is 0. The van der Waals surface area contributed by atoms with Crippen LogP contribution in [-0.4, -0.2) is 32.1 Å². The van der Waals surface area contributed by atoms with Gasteiger partial charge in [-0.05, 0) is 38.7 Å². The average molecular weight is 241 g/mol. The molecule has 0 aliphatic carbocycles. The van der Waals surface area contributed by atoms with Crippen molar-refractivity contribution in [1.82, 2.24) is 10.2 Å². The maximum atomic E-state index is 6.22. The molecule has 1 rings (SSSR count). The van der Waals surface area contributed by atoms with Crippen LogP contribution >= 0.6 is 11.6 Å². The Labute approximate surface area is 104 Å². The Morgan fingerprint density at radius 1 is 1.31 bits per heavy atom. The van der Waals surface area contributed by atoms with E-state index in [-0.39, 0.29) is 0 Å². The second kappa shape index (κ2) is 6.89. The molecular formula is C13H21ClN2. The van der Waals surface area contributed by atoms with E-state index in [4.69, 9.17) is 11.6 Å². The third-order valence-corrected chi connectivity index (χ3v) is 2.81. The zero-order valence-corrected chi connectivity index (χ0v) is 11.1. The molecule has 1 aromatic carbocycles. The van der Waals surface area contributed by atoms with Crippen LogP contribution in [0.15, 0.2) is 24.3 Å². The fourth-order valence-corrected chi connectivity index (χ4v) is 1.98. The van der Waals surface area contributed by atoms with E-state index in [2.05, 4.69) is 37.3 Å². The predicted octanol–water partition coefficient (Wildman–Crippen LogP) is 2.94. The Hall–Kier alpha value is -0.570. The van der Waals surface area contributed by atoms with Gasteiger partial charge in [-0.3, -0.25) is 0 Å². The van der Waals surface area contributed by atoms with Crippen LogP contribution in [0.4, 0.5) is 0 Å². The molecule has 0 bridgehead atoms. The molecule has 16 heavy (non-hydrogen) atoms. The second-order valence-corrected chi connectivity index (χ2v) is 4.70. The van der Waals surface area contributed by atoms with Gasteiger partial charge >= 0.3 is 0 Å². The Balaban J connectivity index is 2.78. The lowest BCUT2D eigenvalue weighted by Crippen LogP contribution is -2.31. The molecule has 1 unspecified atom stereocenters.